The van der Waals surface area contributed by atoms with Crippen molar-refractivity contribution in [1.29, 1.82) is 5.41 Å². The molecule has 1 unspecified atom stereocenters. The van der Waals surface area contributed by atoms with Gasteiger partial charge < -0.3 is 4.57 Å². The molecule has 3 aromatic heterocycles. The Hall–Kier alpha value is -2.97. The molecule has 0 aliphatic heterocycles. The second kappa shape index (κ2) is 7.62. The second-order valence-electron chi connectivity index (χ2n) is 7.48. The van der Waals surface area contributed by atoms with Crippen LogP contribution in [0.3, 0.4) is 0 Å². The van der Waals surface area contributed by atoms with Crippen molar-refractivity contribution < 1.29 is 8.42 Å². The quantitative estimate of drug-likeness (QED) is 0.471. The van der Waals surface area contributed by atoms with Gasteiger partial charge in [-0.2, -0.15) is 0 Å². The topological polar surface area (TPSA) is 97.3 Å². The predicted molar refractivity (Wildman–Crippen MR) is 119 cm³/mol. The highest BCUT2D eigenvalue weighted by Crippen LogP contribution is 2.24. The standard InChI is InChI=1S/C22H21ClN4O3S/c1-4-14(3)27-19(24)18(31(29,30)16-9-7-15(23)8-10-16)12-17-21(27)25-20-13(2)6-5-11-26(20)22(17)28/h5-12,14,24H,4H2,1-3H3. The average molecular weight is 457 g/mol. The number of nitrogens with one attached hydrogen (secondary N) is 1. The van der Waals surface area contributed by atoms with Crippen LogP contribution in [0.4, 0.5) is 0 Å². The van der Waals surface area contributed by atoms with Gasteiger partial charge in [-0.3, -0.25) is 14.6 Å². The third-order valence-corrected chi connectivity index (χ3v) is 7.52. The monoisotopic (exact) mass is 456 g/mol. The van der Waals surface area contributed by atoms with E-state index in [4.69, 9.17) is 17.0 Å². The fraction of sp³-hybridized carbons (Fsp3) is 0.227. The van der Waals surface area contributed by atoms with Gasteiger partial charge in [-0.25, -0.2) is 13.4 Å². The largest absolute Gasteiger partial charge is 0.307 e. The Kier molecular flexibility index (Phi) is 5.23. The van der Waals surface area contributed by atoms with Gasteiger partial charge in [-0.1, -0.05) is 24.6 Å². The summed E-state index contributed by atoms with van der Waals surface area (Å²) in [6.07, 6.45) is 2.23. The maximum Gasteiger partial charge on any atom is 0.267 e. The maximum absolute atomic E-state index is 13.4. The Balaban J connectivity index is 2.18. The van der Waals surface area contributed by atoms with Crippen LogP contribution in [0.1, 0.15) is 31.9 Å². The fourth-order valence-corrected chi connectivity index (χ4v) is 5.09. The third-order valence-electron chi connectivity index (χ3n) is 5.49. The van der Waals surface area contributed by atoms with Crippen molar-refractivity contribution in [3.8, 4) is 0 Å². The molecule has 3 heterocycles. The molecule has 0 radical (unpaired) electrons. The van der Waals surface area contributed by atoms with Crippen LogP contribution >= 0.6 is 11.6 Å². The van der Waals surface area contributed by atoms with Crippen molar-refractivity contribution in [2.75, 3.05) is 0 Å². The molecule has 0 amide bonds. The molecule has 4 rings (SSSR count). The summed E-state index contributed by atoms with van der Waals surface area (Å²) >= 11 is 5.90. The van der Waals surface area contributed by atoms with Crippen LogP contribution in [0, 0.1) is 12.3 Å². The molecular weight excluding hydrogens is 436 g/mol. The van der Waals surface area contributed by atoms with Gasteiger partial charge in [0.2, 0.25) is 9.84 Å². The van der Waals surface area contributed by atoms with Crippen LogP contribution in [-0.4, -0.2) is 22.4 Å². The highest BCUT2D eigenvalue weighted by Gasteiger charge is 2.25. The lowest BCUT2D eigenvalue weighted by Crippen LogP contribution is -2.31. The Bertz CT molecular complexity index is 1550. The van der Waals surface area contributed by atoms with Crippen LogP contribution in [0.25, 0.3) is 16.7 Å². The number of fused-ring (bicyclic) bond motifs is 2. The molecule has 1 atom stereocenters. The number of hydrogen-bond acceptors (Lipinski definition) is 5. The van der Waals surface area contributed by atoms with Crippen molar-refractivity contribution in [2.45, 2.75) is 43.0 Å². The number of aromatic nitrogens is 3. The number of pyridine rings is 2. The average Bonchev–Trinajstić information content (AvgIpc) is 2.74. The normalized spacial score (nSPS) is 13.0. The number of aryl methyl sites for hydroxylation is 1. The number of nitrogens with zero attached hydrogens (tertiary/aromatic N) is 3. The van der Waals surface area contributed by atoms with Crippen molar-refractivity contribution >= 4 is 38.1 Å². The molecule has 1 N–H and O–H groups in total. The van der Waals surface area contributed by atoms with E-state index in [0.29, 0.717) is 22.7 Å². The first-order valence-corrected chi connectivity index (χ1v) is 11.7. The first kappa shape index (κ1) is 21.3. The van der Waals surface area contributed by atoms with E-state index in [1.807, 2.05) is 26.8 Å². The lowest BCUT2D eigenvalue weighted by molar-refractivity contribution is 0.508. The van der Waals surface area contributed by atoms with Crippen LogP contribution in [-0.2, 0) is 9.84 Å². The summed E-state index contributed by atoms with van der Waals surface area (Å²) in [6, 6.07) is 10.4. The Morgan fingerprint density at radius 2 is 1.84 bits per heavy atom. The number of benzene rings is 1. The number of sulfone groups is 1. The van der Waals surface area contributed by atoms with Gasteiger partial charge in [-0.05, 0) is 62.2 Å². The first-order chi connectivity index (χ1) is 14.7. The molecule has 31 heavy (non-hydrogen) atoms. The summed E-state index contributed by atoms with van der Waals surface area (Å²) in [7, 11) is -4.06. The Labute approximate surface area is 184 Å². The second-order valence-corrected chi connectivity index (χ2v) is 9.84. The summed E-state index contributed by atoms with van der Waals surface area (Å²) in [5.41, 5.74) is 0.995. The van der Waals surface area contributed by atoms with E-state index in [9.17, 15) is 13.2 Å². The molecule has 0 aliphatic rings. The van der Waals surface area contributed by atoms with Crippen molar-refractivity contribution in [1.82, 2.24) is 14.0 Å². The molecule has 0 saturated carbocycles. The van der Waals surface area contributed by atoms with E-state index in [1.165, 1.54) is 39.3 Å². The summed E-state index contributed by atoms with van der Waals surface area (Å²) in [4.78, 5) is 17.7. The molecule has 9 heteroatoms. The van der Waals surface area contributed by atoms with Gasteiger partial charge in [0, 0.05) is 17.3 Å². The molecule has 0 aliphatic carbocycles. The number of halogens is 1. The van der Waals surface area contributed by atoms with Crippen molar-refractivity contribution in [2.24, 2.45) is 0 Å². The van der Waals surface area contributed by atoms with Gasteiger partial charge in [-0.15, -0.1) is 0 Å². The van der Waals surface area contributed by atoms with Crippen LogP contribution in [0.15, 0.2) is 63.2 Å². The Morgan fingerprint density at radius 1 is 1.16 bits per heavy atom. The van der Waals surface area contributed by atoms with E-state index in [-0.39, 0.29) is 32.3 Å². The van der Waals surface area contributed by atoms with Gasteiger partial charge >= 0.3 is 0 Å². The molecule has 4 aromatic rings. The van der Waals surface area contributed by atoms with E-state index in [2.05, 4.69) is 4.98 Å². The Morgan fingerprint density at radius 3 is 2.48 bits per heavy atom. The molecule has 0 saturated heterocycles. The molecule has 0 bridgehead atoms. The third kappa shape index (κ3) is 3.36. The van der Waals surface area contributed by atoms with Gasteiger partial charge in [0.25, 0.3) is 5.56 Å². The lowest BCUT2D eigenvalue weighted by atomic mass is 10.2. The molecule has 7 nitrogen and oxygen atoms in total. The van der Waals surface area contributed by atoms with E-state index in [0.717, 1.165) is 5.56 Å². The summed E-state index contributed by atoms with van der Waals surface area (Å²) < 4.78 is 29.7. The van der Waals surface area contributed by atoms with Gasteiger partial charge in [0.15, 0.2) is 0 Å². The minimum atomic E-state index is -4.06. The summed E-state index contributed by atoms with van der Waals surface area (Å²) in [6.45, 7) is 5.65. The lowest BCUT2D eigenvalue weighted by Gasteiger charge is -2.19. The molecule has 160 valence electrons. The maximum atomic E-state index is 13.4. The summed E-state index contributed by atoms with van der Waals surface area (Å²) in [5.74, 6) is 0. The zero-order valence-electron chi connectivity index (χ0n) is 17.3. The zero-order valence-corrected chi connectivity index (χ0v) is 18.8. The van der Waals surface area contributed by atoms with E-state index in [1.54, 1.807) is 12.3 Å². The predicted octanol–water partition coefficient (Wildman–Crippen LogP) is 3.89. The molecule has 0 fully saturated rings. The SMILES string of the molecule is CCC(C)n1c(=N)c(S(=O)(=O)c2ccc(Cl)cc2)cc2c(=O)n3cccc(C)c3nc21. The van der Waals surface area contributed by atoms with Crippen LogP contribution in [0.2, 0.25) is 5.02 Å². The number of rotatable bonds is 4. The van der Waals surface area contributed by atoms with Gasteiger partial charge in [0.05, 0.1) is 10.3 Å². The van der Waals surface area contributed by atoms with Crippen molar-refractivity contribution in [3.05, 3.63) is 75.1 Å². The smallest absolute Gasteiger partial charge is 0.267 e. The van der Waals surface area contributed by atoms with E-state index >= 15 is 0 Å². The molecule has 0 spiro atoms. The van der Waals surface area contributed by atoms with Crippen LogP contribution < -0.4 is 11.0 Å². The highest BCUT2D eigenvalue weighted by atomic mass is 35.5. The molecular formula is C22H21ClN4O3S. The van der Waals surface area contributed by atoms with Crippen LogP contribution in [0.5, 0.6) is 0 Å². The van der Waals surface area contributed by atoms with Crippen molar-refractivity contribution in [3.63, 3.8) is 0 Å². The highest BCUT2D eigenvalue weighted by molar-refractivity contribution is 7.91. The fourth-order valence-electron chi connectivity index (χ4n) is 3.59. The zero-order chi connectivity index (χ0) is 22.5. The van der Waals surface area contributed by atoms with E-state index < -0.39 is 9.84 Å². The first-order valence-electron chi connectivity index (χ1n) is 9.79. The summed E-state index contributed by atoms with van der Waals surface area (Å²) in [5, 5.41) is 9.30. The minimum Gasteiger partial charge on any atom is -0.307 e. The minimum absolute atomic E-state index is 0.00477. The molecule has 1 aromatic carbocycles. The number of hydrogen-bond donors (Lipinski definition) is 1. The van der Waals surface area contributed by atoms with Gasteiger partial charge in [0.1, 0.15) is 21.7 Å².